The minimum Gasteiger partial charge on any atom is -0.478 e. The molecule has 0 aliphatic heterocycles. The molecule has 0 aliphatic rings. The fourth-order valence-electron chi connectivity index (χ4n) is 2.27. The van der Waals surface area contributed by atoms with Gasteiger partial charge in [0.1, 0.15) is 0 Å². The summed E-state index contributed by atoms with van der Waals surface area (Å²) in [4.78, 5) is 23.3. The zero-order valence-electron chi connectivity index (χ0n) is 13.3. The fraction of sp³-hybridized carbons (Fsp3) is 0.312. The van der Waals surface area contributed by atoms with E-state index in [0.29, 0.717) is 11.3 Å². The first kappa shape index (κ1) is 17.0. The topological polar surface area (TPSA) is 84.2 Å². The summed E-state index contributed by atoms with van der Waals surface area (Å²) in [6, 6.07) is 4.26. The molecule has 2 rings (SSSR count). The average Bonchev–Trinajstić information content (AvgIpc) is 2.80. The Morgan fingerprint density at radius 1 is 1.26 bits per heavy atom. The quantitative estimate of drug-likeness (QED) is 0.898. The van der Waals surface area contributed by atoms with Gasteiger partial charge in [-0.2, -0.15) is 5.10 Å². The summed E-state index contributed by atoms with van der Waals surface area (Å²) in [5.41, 5.74) is 1.39. The first-order valence-corrected chi connectivity index (χ1v) is 7.38. The standard InChI is InChI=1S/C16H18ClN3O3/c1-9-12(8-18-20(9)16(2,3)4)14(21)19-10-5-6-11(15(22)23)13(17)7-10/h5-8H,1-4H3,(H,19,21)(H,22,23). The number of carboxylic acids is 1. The number of carboxylic acid groups (broad SMARTS) is 1. The monoisotopic (exact) mass is 335 g/mol. The predicted molar refractivity (Wildman–Crippen MR) is 88.3 cm³/mol. The Hall–Kier alpha value is -2.34. The van der Waals surface area contributed by atoms with E-state index >= 15 is 0 Å². The van der Waals surface area contributed by atoms with Gasteiger partial charge in [-0.05, 0) is 45.9 Å². The zero-order chi connectivity index (χ0) is 17.4. The Kier molecular flexibility index (Phi) is 4.47. The molecule has 0 atom stereocenters. The van der Waals surface area contributed by atoms with E-state index in [-0.39, 0.29) is 22.0 Å². The van der Waals surface area contributed by atoms with Crippen LogP contribution in [0.25, 0.3) is 0 Å². The number of hydrogen-bond donors (Lipinski definition) is 2. The number of nitrogens with one attached hydrogen (secondary N) is 1. The van der Waals surface area contributed by atoms with Crippen LogP contribution in [0.1, 0.15) is 47.2 Å². The lowest BCUT2D eigenvalue weighted by Crippen LogP contribution is -2.25. The number of halogens is 1. The van der Waals surface area contributed by atoms with E-state index in [0.717, 1.165) is 5.69 Å². The highest BCUT2D eigenvalue weighted by molar-refractivity contribution is 6.33. The number of nitrogens with zero attached hydrogens (tertiary/aromatic N) is 2. The third-order valence-electron chi connectivity index (χ3n) is 3.35. The summed E-state index contributed by atoms with van der Waals surface area (Å²) < 4.78 is 1.78. The lowest BCUT2D eigenvalue weighted by Gasteiger charge is -2.21. The molecule has 7 heteroatoms. The van der Waals surface area contributed by atoms with Gasteiger partial charge in [0.15, 0.2) is 0 Å². The van der Waals surface area contributed by atoms with Crippen LogP contribution in [0.5, 0.6) is 0 Å². The average molecular weight is 336 g/mol. The largest absolute Gasteiger partial charge is 0.478 e. The first-order valence-electron chi connectivity index (χ1n) is 7.00. The Morgan fingerprint density at radius 3 is 2.39 bits per heavy atom. The highest BCUT2D eigenvalue weighted by atomic mass is 35.5. The second-order valence-corrected chi connectivity index (χ2v) is 6.59. The molecule has 0 unspecified atom stereocenters. The van der Waals surface area contributed by atoms with Crippen molar-refractivity contribution in [3.8, 4) is 0 Å². The molecule has 6 nitrogen and oxygen atoms in total. The van der Waals surface area contributed by atoms with Crippen LogP contribution in [0.15, 0.2) is 24.4 Å². The molecule has 1 aromatic carbocycles. The lowest BCUT2D eigenvalue weighted by molar-refractivity contribution is 0.0697. The third kappa shape index (κ3) is 3.53. The summed E-state index contributed by atoms with van der Waals surface area (Å²) in [5, 5.41) is 16.0. The molecule has 23 heavy (non-hydrogen) atoms. The van der Waals surface area contributed by atoms with Crippen LogP contribution in [-0.4, -0.2) is 26.8 Å². The lowest BCUT2D eigenvalue weighted by atomic mass is 10.1. The highest BCUT2D eigenvalue weighted by Gasteiger charge is 2.21. The molecule has 1 aromatic heterocycles. The molecule has 0 saturated heterocycles. The summed E-state index contributed by atoms with van der Waals surface area (Å²) in [6.45, 7) is 7.82. The van der Waals surface area contributed by atoms with Crippen molar-refractivity contribution in [1.29, 1.82) is 0 Å². The zero-order valence-corrected chi connectivity index (χ0v) is 14.1. The number of aromatic carboxylic acids is 1. The van der Waals surface area contributed by atoms with Crippen molar-refractivity contribution >= 4 is 29.2 Å². The number of carbonyl (C=O) groups excluding carboxylic acids is 1. The van der Waals surface area contributed by atoms with Crippen LogP contribution in [0.4, 0.5) is 5.69 Å². The molecule has 0 spiro atoms. The summed E-state index contributed by atoms with van der Waals surface area (Å²) in [7, 11) is 0. The predicted octanol–water partition coefficient (Wildman–Crippen LogP) is 3.55. The first-order chi connectivity index (χ1) is 10.6. The second kappa shape index (κ2) is 6.04. The van der Waals surface area contributed by atoms with E-state index in [1.165, 1.54) is 24.4 Å². The van der Waals surface area contributed by atoms with Gasteiger partial charge in [0.2, 0.25) is 0 Å². The maximum atomic E-state index is 12.4. The van der Waals surface area contributed by atoms with E-state index in [2.05, 4.69) is 10.4 Å². The molecule has 0 saturated carbocycles. The molecule has 0 radical (unpaired) electrons. The van der Waals surface area contributed by atoms with Crippen LogP contribution in [0.2, 0.25) is 5.02 Å². The molecule has 2 aromatic rings. The van der Waals surface area contributed by atoms with E-state index in [1.54, 1.807) is 4.68 Å². The van der Waals surface area contributed by atoms with Crippen LogP contribution in [0, 0.1) is 6.92 Å². The molecule has 1 heterocycles. The smallest absolute Gasteiger partial charge is 0.337 e. The van der Waals surface area contributed by atoms with Crippen molar-refractivity contribution in [2.24, 2.45) is 0 Å². The fourth-order valence-corrected chi connectivity index (χ4v) is 2.53. The summed E-state index contributed by atoms with van der Waals surface area (Å²) in [6.07, 6.45) is 1.52. The van der Waals surface area contributed by atoms with E-state index in [4.69, 9.17) is 16.7 Å². The number of anilines is 1. The molecule has 0 aliphatic carbocycles. The van der Waals surface area contributed by atoms with Gasteiger partial charge in [0, 0.05) is 11.4 Å². The minimum absolute atomic E-state index is 0.0126. The highest BCUT2D eigenvalue weighted by Crippen LogP contribution is 2.23. The molecule has 0 bridgehead atoms. The maximum Gasteiger partial charge on any atom is 0.337 e. The minimum atomic E-state index is -1.12. The molecule has 1 amide bonds. The maximum absolute atomic E-state index is 12.4. The van der Waals surface area contributed by atoms with E-state index in [1.807, 2.05) is 27.7 Å². The molecule has 0 fully saturated rings. The van der Waals surface area contributed by atoms with Crippen molar-refractivity contribution in [3.05, 3.63) is 46.2 Å². The van der Waals surface area contributed by atoms with Gasteiger partial charge in [0.25, 0.3) is 5.91 Å². The Balaban J connectivity index is 2.25. The number of amides is 1. The summed E-state index contributed by atoms with van der Waals surface area (Å²) in [5.74, 6) is -1.44. The van der Waals surface area contributed by atoms with Crippen molar-refractivity contribution in [3.63, 3.8) is 0 Å². The molecule has 2 N–H and O–H groups in total. The van der Waals surface area contributed by atoms with Crippen molar-refractivity contribution < 1.29 is 14.7 Å². The number of hydrogen-bond acceptors (Lipinski definition) is 3. The van der Waals surface area contributed by atoms with Crippen molar-refractivity contribution in [2.75, 3.05) is 5.32 Å². The number of aromatic nitrogens is 2. The number of carbonyl (C=O) groups is 2. The number of rotatable bonds is 3. The summed E-state index contributed by atoms with van der Waals surface area (Å²) >= 11 is 5.90. The normalized spacial score (nSPS) is 11.3. The SMILES string of the molecule is Cc1c(C(=O)Nc2ccc(C(=O)O)c(Cl)c2)cnn1C(C)(C)C. The van der Waals surface area contributed by atoms with Gasteiger partial charge in [-0.1, -0.05) is 11.6 Å². The molecular formula is C16H18ClN3O3. The van der Waals surface area contributed by atoms with E-state index in [9.17, 15) is 9.59 Å². The Labute approximate surface area is 139 Å². The van der Waals surface area contributed by atoms with Gasteiger partial charge < -0.3 is 10.4 Å². The van der Waals surface area contributed by atoms with Gasteiger partial charge in [-0.15, -0.1) is 0 Å². The van der Waals surface area contributed by atoms with Crippen LogP contribution in [0.3, 0.4) is 0 Å². The number of benzene rings is 1. The Morgan fingerprint density at radius 2 is 1.91 bits per heavy atom. The second-order valence-electron chi connectivity index (χ2n) is 6.18. The van der Waals surface area contributed by atoms with Crippen LogP contribution < -0.4 is 5.32 Å². The van der Waals surface area contributed by atoms with Gasteiger partial charge in [0.05, 0.1) is 27.9 Å². The van der Waals surface area contributed by atoms with Gasteiger partial charge >= 0.3 is 5.97 Å². The molecule has 122 valence electrons. The van der Waals surface area contributed by atoms with Crippen molar-refractivity contribution in [1.82, 2.24) is 9.78 Å². The third-order valence-corrected chi connectivity index (χ3v) is 3.66. The van der Waals surface area contributed by atoms with Gasteiger partial charge in [-0.3, -0.25) is 9.48 Å². The van der Waals surface area contributed by atoms with E-state index < -0.39 is 5.97 Å². The van der Waals surface area contributed by atoms with Crippen LogP contribution >= 0.6 is 11.6 Å². The van der Waals surface area contributed by atoms with Crippen LogP contribution in [-0.2, 0) is 5.54 Å². The van der Waals surface area contributed by atoms with Crippen molar-refractivity contribution in [2.45, 2.75) is 33.2 Å². The Bertz CT molecular complexity index is 775. The molecular weight excluding hydrogens is 318 g/mol. The van der Waals surface area contributed by atoms with Gasteiger partial charge in [-0.25, -0.2) is 4.79 Å².